The summed E-state index contributed by atoms with van der Waals surface area (Å²) < 4.78 is 123. The average molecular weight is 528 g/mol. The van der Waals surface area contributed by atoms with E-state index in [0.29, 0.717) is 23.0 Å². The highest BCUT2D eigenvalue weighted by molar-refractivity contribution is 5.47. The van der Waals surface area contributed by atoms with Gasteiger partial charge in [-0.2, -0.15) is 17.6 Å². The Morgan fingerprint density at radius 1 is 0.583 bits per heavy atom. The minimum atomic E-state index is -5.74. The molecule has 198 valence electrons. The fourth-order valence-corrected chi connectivity index (χ4v) is 2.90. The van der Waals surface area contributed by atoms with E-state index in [-0.39, 0.29) is 25.1 Å². The van der Waals surface area contributed by atoms with Crippen molar-refractivity contribution in [3.05, 3.63) is 36.4 Å². The SMILES string of the molecule is FC(F)(OCCOc1ccc2c(c1)OCO2)OC(F)(F)C(F)(F)OCCOc1ccc2c(c1)OCO2. The maximum atomic E-state index is 13.7. The Morgan fingerprint density at radius 3 is 1.58 bits per heavy atom. The van der Waals surface area contributed by atoms with Crippen LogP contribution < -0.4 is 28.4 Å². The third kappa shape index (κ3) is 6.27. The molecule has 2 aliphatic rings. The lowest BCUT2D eigenvalue weighted by Gasteiger charge is -2.28. The third-order valence-electron chi connectivity index (χ3n) is 4.53. The maximum absolute atomic E-state index is 13.7. The van der Waals surface area contributed by atoms with Crippen LogP contribution in [-0.4, -0.2) is 58.5 Å². The van der Waals surface area contributed by atoms with Gasteiger partial charge in [0.1, 0.15) is 24.7 Å². The molecule has 0 saturated carbocycles. The normalized spacial score (nSPS) is 14.7. The first-order valence-electron chi connectivity index (χ1n) is 10.2. The molecule has 2 aromatic rings. The first-order chi connectivity index (χ1) is 17.0. The van der Waals surface area contributed by atoms with Gasteiger partial charge < -0.3 is 33.2 Å². The smallest absolute Gasteiger partial charge is 0.490 e. The zero-order chi connectivity index (χ0) is 25.8. The Bertz CT molecular complexity index is 1050. The molecule has 9 nitrogen and oxygen atoms in total. The van der Waals surface area contributed by atoms with Crippen LogP contribution in [0.15, 0.2) is 36.4 Å². The fourth-order valence-electron chi connectivity index (χ4n) is 2.90. The van der Waals surface area contributed by atoms with Crippen molar-refractivity contribution in [1.29, 1.82) is 0 Å². The molecule has 0 amide bonds. The molecule has 0 aromatic heterocycles. The van der Waals surface area contributed by atoms with E-state index in [0.717, 1.165) is 0 Å². The summed E-state index contributed by atoms with van der Waals surface area (Å²) in [5.74, 6) is 1.90. The lowest BCUT2D eigenvalue weighted by molar-refractivity contribution is -0.526. The van der Waals surface area contributed by atoms with Gasteiger partial charge in [-0.05, 0) is 24.3 Å². The van der Waals surface area contributed by atoms with Gasteiger partial charge in [0.05, 0.1) is 13.2 Å². The molecule has 0 radical (unpaired) electrons. The molecule has 0 fully saturated rings. The summed E-state index contributed by atoms with van der Waals surface area (Å²) in [6, 6.07) is 8.62. The predicted molar refractivity (Wildman–Crippen MR) is 104 cm³/mol. The quantitative estimate of drug-likeness (QED) is 0.214. The van der Waals surface area contributed by atoms with Gasteiger partial charge in [-0.15, -0.1) is 8.78 Å². The molecule has 2 aliphatic heterocycles. The Morgan fingerprint density at radius 2 is 1.06 bits per heavy atom. The number of halogens is 6. The Hall–Kier alpha value is -3.30. The summed E-state index contributed by atoms with van der Waals surface area (Å²) in [4.78, 5) is 0. The van der Waals surface area contributed by atoms with Gasteiger partial charge in [0.25, 0.3) is 0 Å². The molecule has 0 aliphatic carbocycles. The van der Waals surface area contributed by atoms with E-state index < -0.39 is 44.9 Å². The molecule has 36 heavy (non-hydrogen) atoms. The lowest BCUT2D eigenvalue weighted by atomic mass is 10.3. The number of fused-ring (bicyclic) bond motifs is 2. The van der Waals surface area contributed by atoms with Gasteiger partial charge in [-0.1, -0.05) is 0 Å². The van der Waals surface area contributed by atoms with Crippen molar-refractivity contribution >= 4 is 0 Å². The molecule has 2 heterocycles. The molecule has 0 atom stereocenters. The number of ether oxygens (including phenoxy) is 9. The zero-order valence-electron chi connectivity index (χ0n) is 18.1. The summed E-state index contributed by atoms with van der Waals surface area (Å²) in [6.45, 7) is -3.24. The second-order valence-electron chi connectivity index (χ2n) is 7.02. The molecule has 0 saturated heterocycles. The van der Waals surface area contributed by atoms with E-state index in [2.05, 4.69) is 14.2 Å². The highest BCUT2D eigenvalue weighted by atomic mass is 19.3. The molecule has 0 unspecified atom stereocenters. The van der Waals surface area contributed by atoms with E-state index in [4.69, 9.17) is 28.4 Å². The van der Waals surface area contributed by atoms with Crippen LogP contribution in [0.1, 0.15) is 0 Å². The second kappa shape index (κ2) is 10.4. The van der Waals surface area contributed by atoms with Crippen molar-refractivity contribution < 1.29 is 69.0 Å². The van der Waals surface area contributed by atoms with Gasteiger partial charge in [0.2, 0.25) is 13.6 Å². The van der Waals surface area contributed by atoms with Crippen molar-refractivity contribution in [2.24, 2.45) is 0 Å². The first-order valence-corrected chi connectivity index (χ1v) is 10.2. The van der Waals surface area contributed by atoms with Crippen LogP contribution in [0.4, 0.5) is 26.3 Å². The summed E-state index contributed by atoms with van der Waals surface area (Å²) in [7, 11) is 0. The molecular formula is C21H18F6O9. The summed E-state index contributed by atoms with van der Waals surface area (Å²) in [5, 5.41) is 0. The summed E-state index contributed by atoms with van der Waals surface area (Å²) >= 11 is 0. The van der Waals surface area contributed by atoms with E-state index >= 15 is 0 Å². The van der Waals surface area contributed by atoms with E-state index in [1.54, 1.807) is 0 Å². The summed E-state index contributed by atoms with van der Waals surface area (Å²) in [6.07, 6.45) is -16.3. The minimum Gasteiger partial charge on any atom is -0.491 e. The predicted octanol–water partition coefficient (Wildman–Crippen LogP) is 4.39. The van der Waals surface area contributed by atoms with E-state index in [1.807, 2.05) is 0 Å². The van der Waals surface area contributed by atoms with Crippen LogP contribution in [0.2, 0.25) is 0 Å². The highest BCUT2D eigenvalue weighted by Gasteiger charge is 2.64. The van der Waals surface area contributed by atoms with Gasteiger partial charge in [0.15, 0.2) is 23.0 Å². The molecule has 0 bridgehead atoms. The fraction of sp³-hybridized carbons (Fsp3) is 0.429. The van der Waals surface area contributed by atoms with Crippen molar-refractivity contribution in [1.82, 2.24) is 0 Å². The number of hydrogen-bond donors (Lipinski definition) is 0. The summed E-state index contributed by atoms with van der Waals surface area (Å²) in [5.41, 5.74) is 0. The molecule has 0 spiro atoms. The first kappa shape index (κ1) is 25.8. The van der Waals surface area contributed by atoms with Gasteiger partial charge >= 0.3 is 18.5 Å². The van der Waals surface area contributed by atoms with Crippen molar-refractivity contribution in [3.8, 4) is 34.5 Å². The van der Waals surface area contributed by atoms with Crippen LogP contribution in [0, 0.1) is 0 Å². The van der Waals surface area contributed by atoms with Gasteiger partial charge in [-0.25, -0.2) is 4.74 Å². The number of rotatable bonds is 13. The highest BCUT2D eigenvalue weighted by Crippen LogP contribution is 2.41. The Labute approximate surface area is 199 Å². The standard InChI is InChI=1S/C21H18F6O9/c22-19(23,34-7-5-28-13-1-3-15-17(9-13)32-11-30-15)20(24,25)36-21(26,27)35-8-6-29-14-2-4-16-18(10-14)33-12-31-16/h1-4,9-10H,5-8,11-12H2. The second-order valence-corrected chi connectivity index (χ2v) is 7.02. The van der Waals surface area contributed by atoms with Crippen LogP contribution in [0.5, 0.6) is 34.5 Å². The molecule has 4 rings (SSSR count). The van der Waals surface area contributed by atoms with E-state index in [9.17, 15) is 26.3 Å². The number of benzene rings is 2. The van der Waals surface area contributed by atoms with E-state index in [1.165, 1.54) is 36.4 Å². The average Bonchev–Trinajstić information content (AvgIpc) is 3.47. The Kier molecular flexibility index (Phi) is 7.42. The van der Waals surface area contributed by atoms with Gasteiger partial charge in [-0.3, -0.25) is 4.74 Å². The zero-order valence-corrected chi connectivity index (χ0v) is 18.1. The molecule has 2 aromatic carbocycles. The van der Waals surface area contributed by atoms with Crippen LogP contribution >= 0.6 is 0 Å². The van der Waals surface area contributed by atoms with Crippen LogP contribution in [0.25, 0.3) is 0 Å². The van der Waals surface area contributed by atoms with Crippen LogP contribution in [-0.2, 0) is 14.2 Å². The Balaban J connectivity index is 1.18. The number of alkyl halides is 6. The van der Waals surface area contributed by atoms with Crippen molar-refractivity contribution in [2.45, 2.75) is 18.5 Å². The largest absolute Gasteiger partial charge is 0.491 e. The molecule has 0 N–H and O–H groups in total. The topological polar surface area (TPSA) is 83.1 Å². The number of hydrogen-bond acceptors (Lipinski definition) is 9. The minimum absolute atomic E-state index is 0.000927. The van der Waals surface area contributed by atoms with Crippen LogP contribution in [0.3, 0.4) is 0 Å². The van der Waals surface area contributed by atoms with Crippen molar-refractivity contribution in [2.75, 3.05) is 40.0 Å². The van der Waals surface area contributed by atoms with Gasteiger partial charge in [0, 0.05) is 12.1 Å². The third-order valence-corrected chi connectivity index (χ3v) is 4.53. The molecule has 15 heteroatoms. The molecular weight excluding hydrogens is 510 g/mol. The monoisotopic (exact) mass is 528 g/mol. The lowest BCUT2D eigenvalue weighted by Crippen LogP contribution is -2.50. The maximum Gasteiger partial charge on any atom is 0.490 e. The van der Waals surface area contributed by atoms with Crippen molar-refractivity contribution in [3.63, 3.8) is 0 Å².